The fraction of sp³-hybridized carbons (Fsp3) is 0.300. The number of nitrogens with two attached hydrogens (primary N) is 2. The van der Waals surface area contributed by atoms with Crippen LogP contribution in [0.4, 0.5) is 0 Å². The van der Waals surface area contributed by atoms with Gasteiger partial charge in [-0.05, 0) is 18.9 Å². The first kappa shape index (κ1) is 10.4. The summed E-state index contributed by atoms with van der Waals surface area (Å²) in [5, 5.41) is 3.74. The molecule has 0 aliphatic heterocycles. The third-order valence-electron chi connectivity index (χ3n) is 1.80. The zero-order chi connectivity index (χ0) is 10.4. The second-order valence-electron chi connectivity index (χ2n) is 3.26. The summed E-state index contributed by atoms with van der Waals surface area (Å²) >= 11 is 0. The molecule has 0 saturated carbocycles. The number of rotatable bonds is 4. The van der Waals surface area contributed by atoms with Crippen LogP contribution in [0, 0.1) is 0 Å². The Morgan fingerprint density at radius 2 is 2.00 bits per heavy atom. The Morgan fingerprint density at radius 1 is 1.36 bits per heavy atom. The maximum Gasteiger partial charge on any atom is 0.208 e. The van der Waals surface area contributed by atoms with Gasteiger partial charge < -0.3 is 16.9 Å². The highest BCUT2D eigenvalue weighted by atomic mass is 15.3. The molecule has 1 rings (SSSR count). The van der Waals surface area contributed by atoms with E-state index in [1.54, 1.807) is 0 Å². The van der Waals surface area contributed by atoms with Gasteiger partial charge in [-0.15, -0.1) is 5.10 Å². The number of nitrogens with zero attached hydrogens (tertiary/aromatic N) is 1. The van der Waals surface area contributed by atoms with Gasteiger partial charge >= 0.3 is 0 Å². The number of benzene rings is 1. The Hall–Kier alpha value is -1.71. The summed E-state index contributed by atoms with van der Waals surface area (Å²) in [6.07, 6.45) is 0.900. The number of guanidine groups is 1. The molecule has 5 N–H and O–H groups in total. The summed E-state index contributed by atoms with van der Waals surface area (Å²) in [4.78, 5) is 0. The van der Waals surface area contributed by atoms with Gasteiger partial charge in [0.15, 0.2) is 0 Å². The minimum Gasteiger partial charge on any atom is -0.369 e. The maximum absolute atomic E-state index is 5.20. The van der Waals surface area contributed by atoms with E-state index in [4.69, 9.17) is 11.5 Å². The van der Waals surface area contributed by atoms with Crippen molar-refractivity contribution in [3.05, 3.63) is 35.9 Å². The Balaban J connectivity index is 2.42. The largest absolute Gasteiger partial charge is 0.369 e. The van der Waals surface area contributed by atoms with E-state index in [9.17, 15) is 0 Å². The molecule has 0 aliphatic rings. The van der Waals surface area contributed by atoms with E-state index in [0.717, 1.165) is 6.42 Å². The van der Waals surface area contributed by atoms with Crippen LogP contribution in [0.2, 0.25) is 0 Å². The topological polar surface area (TPSA) is 76.4 Å². The second-order valence-corrected chi connectivity index (χ2v) is 3.26. The monoisotopic (exact) mass is 192 g/mol. The molecule has 0 heterocycles. The van der Waals surface area contributed by atoms with Gasteiger partial charge in [0, 0.05) is 6.04 Å². The van der Waals surface area contributed by atoms with Crippen molar-refractivity contribution in [3.8, 4) is 0 Å². The lowest BCUT2D eigenvalue weighted by Crippen LogP contribution is -2.31. The van der Waals surface area contributed by atoms with Crippen LogP contribution in [0.15, 0.2) is 35.4 Å². The fourth-order valence-electron chi connectivity index (χ4n) is 1.20. The molecule has 0 fully saturated rings. The molecule has 4 nitrogen and oxygen atoms in total. The molecule has 1 aromatic rings. The summed E-state index contributed by atoms with van der Waals surface area (Å²) in [6.45, 7) is 2.03. The fourth-order valence-corrected chi connectivity index (χ4v) is 1.20. The Morgan fingerprint density at radius 3 is 2.57 bits per heavy atom. The van der Waals surface area contributed by atoms with E-state index in [2.05, 4.69) is 22.7 Å². The molecule has 4 heteroatoms. The van der Waals surface area contributed by atoms with Crippen LogP contribution < -0.4 is 16.9 Å². The predicted octanol–water partition coefficient (Wildman–Crippen LogP) is 0.396. The van der Waals surface area contributed by atoms with E-state index in [0.29, 0.717) is 0 Å². The van der Waals surface area contributed by atoms with Crippen molar-refractivity contribution in [1.82, 2.24) is 5.43 Å². The van der Waals surface area contributed by atoms with Crippen molar-refractivity contribution < 1.29 is 0 Å². The summed E-state index contributed by atoms with van der Waals surface area (Å²) in [6, 6.07) is 10.4. The molecule has 1 aromatic carbocycles. The standard InChI is InChI=1S/C10H16N4/c1-8(13-14-10(11)12)7-9-5-3-2-4-6-9/h2-6,8,13H,7H2,1H3,(H4,11,12,14). The number of hydrazone groups is 1. The smallest absolute Gasteiger partial charge is 0.208 e. The molecule has 0 aliphatic carbocycles. The van der Waals surface area contributed by atoms with E-state index < -0.39 is 0 Å². The summed E-state index contributed by atoms with van der Waals surface area (Å²) in [5.74, 6) is 0.0601. The Kier molecular flexibility index (Phi) is 3.79. The summed E-state index contributed by atoms with van der Waals surface area (Å²) < 4.78 is 0. The average molecular weight is 192 g/mol. The zero-order valence-corrected chi connectivity index (χ0v) is 8.27. The highest BCUT2D eigenvalue weighted by Crippen LogP contribution is 2.02. The van der Waals surface area contributed by atoms with Gasteiger partial charge in [-0.2, -0.15) is 0 Å². The number of hydrogen-bond acceptors (Lipinski definition) is 2. The lowest BCUT2D eigenvalue weighted by Gasteiger charge is -2.10. The molecule has 0 radical (unpaired) electrons. The van der Waals surface area contributed by atoms with Crippen LogP contribution in [0.1, 0.15) is 12.5 Å². The molecule has 76 valence electrons. The molecule has 0 spiro atoms. The van der Waals surface area contributed by atoms with Crippen LogP contribution in [0.25, 0.3) is 0 Å². The van der Waals surface area contributed by atoms with Gasteiger partial charge in [-0.3, -0.25) is 0 Å². The maximum atomic E-state index is 5.20. The SMILES string of the molecule is CC(Cc1ccccc1)NN=C(N)N. The minimum atomic E-state index is 0.0601. The normalized spacial score (nSPS) is 11.8. The average Bonchev–Trinajstić information content (AvgIpc) is 2.16. The molecule has 0 amide bonds. The van der Waals surface area contributed by atoms with Crippen molar-refractivity contribution >= 4 is 5.96 Å². The van der Waals surface area contributed by atoms with E-state index in [-0.39, 0.29) is 12.0 Å². The van der Waals surface area contributed by atoms with Gasteiger partial charge in [0.25, 0.3) is 0 Å². The highest BCUT2D eigenvalue weighted by Gasteiger charge is 2.00. The summed E-state index contributed by atoms with van der Waals surface area (Å²) in [7, 11) is 0. The van der Waals surface area contributed by atoms with Crippen LogP contribution in [0.5, 0.6) is 0 Å². The highest BCUT2D eigenvalue weighted by molar-refractivity contribution is 5.75. The molecule has 1 unspecified atom stereocenters. The van der Waals surface area contributed by atoms with Crippen LogP contribution in [-0.4, -0.2) is 12.0 Å². The van der Waals surface area contributed by atoms with Gasteiger partial charge in [0.2, 0.25) is 5.96 Å². The minimum absolute atomic E-state index is 0.0601. The molecular formula is C10H16N4. The number of hydrogen-bond donors (Lipinski definition) is 3. The van der Waals surface area contributed by atoms with Crippen LogP contribution >= 0.6 is 0 Å². The first-order valence-corrected chi connectivity index (χ1v) is 4.56. The lowest BCUT2D eigenvalue weighted by atomic mass is 10.1. The lowest BCUT2D eigenvalue weighted by molar-refractivity contribution is 0.569. The number of nitrogens with one attached hydrogen (secondary N) is 1. The molecule has 0 aromatic heterocycles. The quantitative estimate of drug-likeness (QED) is 0.367. The van der Waals surface area contributed by atoms with Crippen molar-refractivity contribution in [1.29, 1.82) is 0 Å². The predicted molar refractivity (Wildman–Crippen MR) is 58.6 cm³/mol. The third kappa shape index (κ3) is 3.80. The van der Waals surface area contributed by atoms with E-state index in [1.807, 2.05) is 25.1 Å². The zero-order valence-electron chi connectivity index (χ0n) is 8.27. The van der Waals surface area contributed by atoms with Crippen LogP contribution in [-0.2, 0) is 6.42 Å². The molecule has 14 heavy (non-hydrogen) atoms. The Labute approximate surface area is 84.0 Å². The van der Waals surface area contributed by atoms with Crippen molar-refractivity contribution in [2.45, 2.75) is 19.4 Å². The van der Waals surface area contributed by atoms with E-state index in [1.165, 1.54) is 5.56 Å². The van der Waals surface area contributed by atoms with Crippen molar-refractivity contribution in [2.75, 3.05) is 0 Å². The second kappa shape index (κ2) is 5.11. The molecule has 0 bridgehead atoms. The third-order valence-corrected chi connectivity index (χ3v) is 1.80. The van der Waals surface area contributed by atoms with Gasteiger partial charge in [0.1, 0.15) is 0 Å². The van der Waals surface area contributed by atoms with Crippen LogP contribution in [0.3, 0.4) is 0 Å². The molecular weight excluding hydrogens is 176 g/mol. The molecule has 0 saturated heterocycles. The Bertz CT molecular complexity index is 290. The van der Waals surface area contributed by atoms with E-state index >= 15 is 0 Å². The van der Waals surface area contributed by atoms with Crippen molar-refractivity contribution in [2.24, 2.45) is 16.6 Å². The van der Waals surface area contributed by atoms with Gasteiger partial charge in [-0.1, -0.05) is 30.3 Å². The van der Waals surface area contributed by atoms with Gasteiger partial charge in [-0.25, -0.2) is 0 Å². The van der Waals surface area contributed by atoms with Crippen molar-refractivity contribution in [3.63, 3.8) is 0 Å². The first-order chi connectivity index (χ1) is 6.68. The molecule has 1 atom stereocenters. The summed E-state index contributed by atoms with van der Waals surface area (Å²) in [5.41, 5.74) is 14.5. The first-order valence-electron chi connectivity index (χ1n) is 4.56. The van der Waals surface area contributed by atoms with Gasteiger partial charge in [0.05, 0.1) is 0 Å².